The van der Waals surface area contributed by atoms with Crippen LogP contribution in [0.5, 0.6) is 0 Å². The summed E-state index contributed by atoms with van der Waals surface area (Å²) in [6.07, 6.45) is 3.43. The van der Waals surface area contributed by atoms with E-state index in [-0.39, 0.29) is 17.9 Å². The third-order valence-corrected chi connectivity index (χ3v) is 4.68. The zero-order valence-electron chi connectivity index (χ0n) is 12.3. The fourth-order valence-electron chi connectivity index (χ4n) is 3.29. The Morgan fingerprint density at radius 2 is 1.95 bits per heavy atom. The second kappa shape index (κ2) is 5.51. The molecular formula is C17H21NO3. The molecule has 0 spiro atoms. The van der Waals surface area contributed by atoms with Gasteiger partial charge in [-0.2, -0.15) is 0 Å². The molecule has 0 aromatic heterocycles. The highest BCUT2D eigenvalue weighted by molar-refractivity contribution is 5.89. The summed E-state index contributed by atoms with van der Waals surface area (Å²) in [6.45, 7) is 2.84. The van der Waals surface area contributed by atoms with Crippen LogP contribution in [-0.2, 0) is 16.0 Å². The van der Waals surface area contributed by atoms with Crippen LogP contribution >= 0.6 is 0 Å². The average Bonchev–Trinajstić information content (AvgIpc) is 3.14. The molecule has 3 rings (SSSR count). The molecule has 112 valence electrons. The van der Waals surface area contributed by atoms with E-state index >= 15 is 0 Å². The molecule has 1 aliphatic carbocycles. The van der Waals surface area contributed by atoms with Crippen molar-refractivity contribution in [3.05, 3.63) is 35.4 Å². The number of hydrogen-bond acceptors (Lipinski definition) is 2. The molecule has 2 fully saturated rings. The van der Waals surface area contributed by atoms with Crippen molar-refractivity contribution in [1.29, 1.82) is 0 Å². The van der Waals surface area contributed by atoms with Crippen LogP contribution in [-0.4, -0.2) is 34.5 Å². The van der Waals surface area contributed by atoms with E-state index in [2.05, 4.69) is 31.2 Å². The van der Waals surface area contributed by atoms with Gasteiger partial charge in [0.1, 0.15) is 0 Å². The van der Waals surface area contributed by atoms with Crippen molar-refractivity contribution >= 4 is 11.9 Å². The van der Waals surface area contributed by atoms with Gasteiger partial charge in [0.2, 0.25) is 5.91 Å². The first-order valence-electron chi connectivity index (χ1n) is 7.65. The van der Waals surface area contributed by atoms with E-state index in [1.54, 1.807) is 0 Å². The minimum absolute atomic E-state index is 0.0528. The van der Waals surface area contributed by atoms with Crippen LogP contribution in [0.2, 0.25) is 0 Å². The van der Waals surface area contributed by atoms with Crippen LogP contribution in [0.4, 0.5) is 0 Å². The predicted molar refractivity (Wildman–Crippen MR) is 78.9 cm³/mol. The summed E-state index contributed by atoms with van der Waals surface area (Å²) in [6, 6.07) is 8.66. The Labute approximate surface area is 124 Å². The van der Waals surface area contributed by atoms with Crippen molar-refractivity contribution in [2.24, 2.45) is 11.8 Å². The molecule has 0 bridgehead atoms. The van der Waals surface area contributed by atoms with Gasteiger partial charge < -0.3 is 10.0 Å². The van der Waals surface area contributed by atoms with Crippen LogP contribution in [0.25, 0.3) is 0 Å². The van der Waals surface area contributed by atoms with Crippen LogP contribution in [0.3, 0.4) is 0 Å². The molecule has 4 heteroatoms. The number of rotatable bonds is 4. The van der Waals surface area contributed by atoms with Crippen LogP contribution < -0.4 is 0 Å². The standard InChI is InChI=1S/C17H21NO3/c1-11-4-6-12(7-5-11)9-13-3-2-8-18(13)16(19)14-10-15(14)17(20)21/h4-7,13-15H,2-3,8-10H2,1H3,(H,20,21). The minimum atomic E-state index is -0.831. The molecule has 1 saturated heterocycles. The van der Waals surface area contributed by atoms with E-state index in [4.69, 9.17) is 5.11 Å². The van der Waals surface area contributed by atoms with E-state index in [1.807, 2.05) is 4.90 Å². The molecule has 4 nitrogen and oxygen atoms in total. The molecule has 3 unspecified atom stereocenters. The second-order valence-electron chi connectivity index (χ2n) is 6.30. The molecule has 1 aliphatic heterocycles. The lowest BCUT2D eigenvalue weighted by molar-refractivity contribution is -0.142. The van der Waals surface area contributed by atoms with Crippen molar-refractivity contribution in [3.8, 4) is 0 Å². The lowest BCUT2D eigenvalue weighted by atomic mass is 10.0. The SMILES string of the molecule is Cc1ccc(CC2CCCN2C(=O)C2CC2C(=O)O)cc1. The van der Waals surface area contributed by atoms with E-state index in [1.165, 1.54) is 11.1 Å². The summed E-state index contributed by atoms with van der Waals surface area (Å²) >= 11 is 0. The normalized spacial score (nSPS) is 27.7. The Kier molecular flexibility index (Phi) is 3.70. The maximum absolute atomic E-state index is 12.4. The number of amides is 1. The maximum Gasteiger partial charge on any atom is 0.307 e. The Balaban J connectivity index is 1.64. The molecule has 1 saturated carbocycles. The van der Waals surface area contributed by atoms with E-state index in [0.29, 0.717) is 6.42 Å². The Morgan fingerprint density at radius 1 is 1.24 bits per heavy atom. The number of benzene rings is 1. The summed E-state index contributed by atoms with van der Waals surface area (Å²) < 4.78 is 0. The number of likely N-dealkylation sites (tertiary alicyclic amines) is 1. The summed E-state index contributed by atoms with van der Waals surface area (Å²) in [4.78, 5) is 25.3. The van der Waals surface area contributed by atoms with Crippen molar-refractivity contribution in [2.75, 3.05) is 6.54 Å². The average molecular weight is 287 g/mol. The van der Waals surface area contributed by atoms with Crippen LogP contribution in [0, 0.1) is 18.8 Å². The molecule has 2 aliphatic rings. The van der Waals surface area contributed by atoms with Crippen molar-refractivity contribution < 1.29 is 14.7 Å². The Morgan fingerprint density at radius 3 is 2.57 bits per heavy atom. The first kappa shape index (κ1) is 14.1. The number of carboxylic acid groups (broad SMARTS) is 1. The molecule has 1 amide bonds. The van der Waals surface area contributed by atoms with Gasteiger partial charge in [-0.05, 0) is 38.2 Å². The van der Waals surface area contributed by atoms with Crippen molar-refractivity contribution in [3.63, 3.8) is 0 Å². The number of aliphatic carboxylic acids is 1. The number of carbonyl (C=O) groups is 2. The summed E-state index contributed by atoms with van der Waals surface area (Å²) in [7, 11) is 0. The fraction of sp³-hybridized carbons (Fsp3) is 0.529. The molecule has 0 radical (unpaired) electrons. The zero-order valence-corrected chi connectivity index (χ0v) is 12.3. The first-order valence-corrected chi connectivity index (χ1v) is 7.65. The number of carbonyl (C=O) groups excluding carboxylic acids is 1. The molecule has 1 aromatic carbocycles. The maximum atomic E-state index is 12.4. The molecule has 21 heavy (non-hydrogen) atoms. The highest BCUT2D eigenvalue weighted by Gasteiger charge is 2.51. The quantitative estimate of drug-likeness (QED) is 0.924. The molecular weight excluding hydrogens is 266 g/mol. The Bertz CT molecular complexity index is 552. The topological polar surface area (TPSA) is 57.6 Å². The van der Waals surface area contributed by atoms with Gasteiger partial charge in [0, 0.05) is 12.6 Å². The third kappa shape index (κ3) is 2.94. The highest BCUT2D eigenvalue weighted by Crippen LogP contribution is 2.41. The molecule has 1 N–H and O–H groups in total. The lowest BCUT2D eigenvalue weighted by Crippen LogP contribution is -2.38. The van der Waals surface area contributed by atoms with Gasteiger partial charge >= 0.3 is 5.97 Å². The van der Waals surface area contributed by atoms with Gasteiger partial charge in [-0.25, -0.2) is 0 Å². The van der Waals surface area contributed by atoms with Crippen LogP contribution in [0.15, 0.2) is 24.3 Å². The summed E-state index contributed by atoms with van der Waals surface area (Å²) in [5.74, 6) is -1.50. The summed E-state index contributed by atoms with van der Waals surface area (Å²) in [5.41, 5.74) is 2.48. The van der Waals surface area contributed by atoms with Crippen molar-refractivity contribution in [1.82, 2.24) is 4.90 Å². The number of carboxylic acids is 1. The predicted octanol–water partition coefficient (Wildman–Crippen LogP) is 2.25. The lowest BCUT2D eigenvalue weighted by Gasteiger charge is -2.25. The zero-order chi connectivity index (χ0) is 15.0. The third-order valence-electron chi connectivity index (χ3n) is 4.68. The van der Waals surface area contributed by atoms with Gasteiger partial charge in [0.05, 0.1) is 11.8 Å². The second-order valence-corrected chi connectivity index (χ2v) is 6.30. The molecule has 1 aromatic rings. The minimum Gasteiger partial charge on any atom is -0.481 e. The fourth-order valence-corrected chi connectivity index (χ4v) is 3.29. The largest absolute Gasteiger partial charge is 0.481 e. The van der Waals surface area contributed by atoms with Gasteiger partial charge in [0.25, 0.3) is 0 Å². The van der Waals surface area contributed by atoms with E-state index < -0.39 is 11.9 Å². The van der Waals surface area contributed by atoms with Gasteiger partial charge in [-0.1, -0.05) is 29.8 Å². The number of hydrogen-bond donors (Lipinski definition) is 1. The molecule has 1 heterocycles. The highest BCUT2D eigenvalue weighted by atomic mass is 16.4. The van der Waals surface area contributed by atoms with Crippen molar-refractivity contribution in [2.45, 2.75) is 38.6 Å². The van der Waals surface area contributed by atoms with E-state index in [9.17, 15) is 9.59 Å². The number of aryl methyl sites for hydroxylation is 1. The van der Waals surface area contributed by atoms with Gasteiger partial charge in [-0.3, -0.25) is 9.59 Å². The van der Waals surface area contributed by atoms with Crippen LogP contribution in [0.1, 0.15) is 30.4 Å². The Hall–Kier alpha value is -1.84. The van der Waals surface area contributed by atoms with Gasteiger partial charge in [-0.15, -0.1) is 0 Å². The number of nitrogens with zero attached hydrogens (tertiary/aromatic N) is 1. The first-order chi connectivity index (χ1) is 10.1. The smallest absolute Gasteiger partial charge is 0.307 e. The van der Waals surface area contributed by atoms with E-state index in [0.717, 1.165) is 25.8 Å². The van der Waals surface area contributed by atoms with Gasteiger partial charge in [0.15, 0.2) is 0 Å². The molecule has 3 atom stereocenters. The monoisotopic (exact) mass is 287 g/mol. The summed E-state index contributed by atoms with van der Waals surface area (Å²) in [5, 5.41) is 8.97.